The van der Waals surface area contributed by atoms with E-state index in [4.69, 9.17) is 13.6 Å². The number of hydrogen-bond donors (Lipinski definition) is 0. The van der Waals surface area contributed by atoms with Gasteiger partial charge < -0.3 is 18.3 Å². The highest BCUT2D eigenvalue weighted by Gasteiger charge is 2.42. The molecule has 0 aromatic heterocycles. The minimum absolute atomic E-state index is 0.0992. The van der Waals surface area contributed by atoms with Crippen LogP contribution in [0.3, 0.4) is 0 Å². The number of esters is 1. The summed E-state index contributed by atoms with van der Waals surface area (Å²) in [6, 6.07) is 0. The number of rotatable bonds is 18. The zero-order valence-corrected chi connectivity index (χ0v) is 24.1. The first-order valence-corrected chi connectivity index (χ1v) is 19.5. The van der Waals surface area contributed by atoms with E-state index in [1.807, 2.05) is 0 Å². The third kappa shape index (κ3) is 14.6. The molecule has 32 heavy (non-hydrogen) atoms. The lowest BCUT2D eigenvalue weighted by Crippen LogP contribution is -2.45. The Morgan fingerprint density at radius 1 is 0.875 bits per heavy atom. The van der Waals surface area contributed by atoms with Crippen LogP contribution in [0, 0.1) is 0 Å². The lowest BCUT2D eigenvalue weighted by molar-refractivity contribution is -0.140. The first-order chi connectivity index (χ1) is 14.9. The van der Waals surface area contributed by atoms with Crippen molar-refractivity contribution in [3.05, 3.63) is 12.2 Å². The Bertz CT molecular complexity index is 554. The average molecular weight is 487 g/mol. The summed E-state index contributed by atoms with van der Waals surface area (Å²) < 4.78 is 23.8. The molecule has 0 aliphatic carbocycles. The number of ether oxygens (including phenoxy) is 2. The van der Waals surface area contributed by atoms with E-state index in [1.54, 1.807) is 0 Å². The molecule has 1 heterocycles. The molecule has 1 fully saturated rings. The van der Waals surface area contributed by atoms with Gasteiger partial charge in [-0.3, -0.25) is 4.79 Å². The van der Waals surface area contributed by atoms with Gasteiger partial charge in [0.2, 0.25) is 0 Å². The van der Waals surface area contributed by atoms with Crippen LogP contribution in [0.15, 0.2) is 12.2 Å². The normalized spacial score (nSPS) is 21.0. The van der Waals surface area contributed by atoms with Crippen molar-refractivity contribution in [1.82, 2.24) is 0 Å². The third-order valence-electron chi connectivity index (χ3n) is 5.49. The largest absolute Gasteiger partial charge is 0.469 e. The molecule has 4 atom stereocenters. The summed E-state index contributed by atoms with van der Waals surface area (Å²) in [4.78, 5) is 11.1. The third-order valence-corrected chi connectivity index (χ3v) is 7.51. The van der Waals surface area contributed by atoms with Crippen LogP contribution in [-0.2, 0) is 23.1 Å². The number of unbranched alkanes of at least 4 members (excludes halogenated alkanes) is 5. The van der Waals surface area contributed by atoms with Crippen molar-refractivity contribution in [3.63, 3.8) is 0 Å². The van der Waals surface area contributed by atoms with Crippen LogP contribution >= 0.6 is 0 Å². The molecule has 0 radical (unpaired) electrons. The number of carbonyl (C=O) groups excluding carboxylic acids is 1. The molecule has 1 aliphatic heterocycles. The standard InChI is InChI=1S/C25H50O5Si2/c1-9-21-23(28-21)20-24(30-32(6,7)8)22(29-31(3,4)5)18-16-14-12-10-11-13-15-17-19-25(26)27-2/h14,16,21-24H,9-13,15,17-20H2,1-8H3/b16-14+. The average Bonchev–Trinajstić information content (AvgIpc) is 3.43. The summed E-state index contributed by atoms with van der Waals surface area (Å²) in [6.45, 7) is 15.8. The van der Waals surface area contributed by atoms with Crippen molar-refractivity contribution in [2.45, 2.75) is 135 Å². The van der Waals surface area contributed by atoms with Crippen molar-refractivity contribution in [1.29, 1.82) is 0 Å². The fraction of sp³-hybridized carbons (Fsp3) is 0.880. The van der Waals surface area contributed by atoms with Crippen LogP contribution in [-0.4, -0.2) is 54.1 Å². The molecule has 0 amide bonds. The molecule has 4 unspecified atom stereocenters. The topological polar surface area (TPSA) is 57.3 Å². The monoisotopic (exact) mass is 486 g/mol. The van der Waals surface area contributed by atoms with Crippen LogP contribution in [0.1, 0.15) is 71.1 Å². The van der Waals surface area contributed by atoms with Gasteiger partial charge in [-0.05, 0) is 71.4 Å². The predicted octanol–water partition coefficient (Wildman–Crippen LogP) is 6.84. The zero-order chi connectivity index (χ0) is 24.2. The highest BCUT2D eigenvalue weighted by atomic mass is 28.4. The van der Waals surface area contributed by atoms with Crippen LogP contribution < -0.4 is 0 Å². The van der Waals surface area contributed by atoms with Gasteiger partial charge in [-0.2, -0.15) is 0 Å². The zero-order valence-electron chi connectivity index (χ0n) is 22.1. The van der Waals surface area contributed by atoms with E-state index in [1.165, 1.54) is 26.4 Å². The maximum Gasteiger partial charge on any atom is 0.305 e. The van der Waals surface area contributed by atoms with Gasteiger partial charge in [0.25, 0.3) is 0 Å². The highest BCUT2D eigenvalue weighted by molar-refractivity contribution is 6.70. The molecule has 7 heteroatoms. The van der Waals surface area contributed by atoms with Crippen molar-refractivity contribution in [2.24, 2.45) is 0 Å². The van der Waals surface area contributed by atoms with Gasteiger partial charge in [0.15, 0.2) is 16.6 Å². The minimum Gasteiger partial charge on any atom is -0.469 e. The molecule has 1 aliphatic rings. The Hall–Kier alpha value is -0.476. The van der Waals surface area contributed by atoms with Gasteiger partial charge in [0.05, 0.1) is 31.5 Å². The first kappa shape index (κ1) is 29.6. The number of hydrogen-bond acceptors (Lipinski definition) is 5. The molecule has 0 bridgehead atoms. The van der Waals surface area contributed by atoms with E-state index < -0.39 is 16.6 Å². The van der Waals surface area contributed by atoms with Crippen LogP contribution in [0.4, 0.5) is 0 Å². The molecular formula is C25H50O5Si2. The summed E-state index contributed by atoms with van der Waals surface area (Å²) in [5.41, 5.74) is 0. The van der Waals surface area contributed by atoms with Gasteiger partial charge in [0, 0.05) is 12.8 Å². The summed E-state index contributed by atoms with van der Waals surface area (Å²) >= 11 is 0. The molecule has 0 saturated carbocycles. The van der Waals surface area contributed by atoms with Crippen molar-refractivity contribution in [2.75, 3.05) is 7.11 Å². The number of allylic oxidation sites excluding steroid dienone is 1. The molecule has 1 saturated heterocycles. The lowest BCUT2D eigenvalue weighted by Gasteiger charge is -2.35. The fourth-order valence-electron chi connectivity index (χ4n) is 3.95. The lowest BCUT2D eigenvalue weighted by atomic mass is 10.0. The Balaban J connectivity index is 2.49. The Morgan fingerprint density at radius 2 is 1.47 bits per heavy atom. The van der Waals surface area contributed by atoms with Crippen molar-refractivity contribution < 1.29 is 23.1 Å². The van der Waals surface area contributed by atoms with Gasteiger partial charge >= 0.3 is 5.97 Å². The quantitative estimate of drug-likeness (QED) is 0.0697. The van der Waals surface area contributed by atoms with Crippen LogP contribution in [0.5, 0.6) is 0 Å². The van der Waals surface area contributed by atoms with E-state index in [0.717, 1.165) is 38.5 Å². The summed E-state index contributed by atoms with van der Waals surface area (Å²) in [6.07, 6.45) is 15.7. The van der Waals surface area contributed by atoms with E-state index in [9.17, 15) is 4.79 Å². The predicted molar refractivity (Wildman–Crippen MR) is 138 cm³/mol. The van der Waals surface area contributed by atoms with Crippen LogP contribution in [0.25, 0.3) is 0 Å². The second kappa shape index (κ2) is 14.7. The van der Waals surface area contributed by atoms with Gasteiger partial charge in [-0.15, -0.1) is 0 Å². The molecule has 1 rings (SSSR count). The van der Waals surface area contributed by atoms with Gasteiger partial charge in [-0.1, -0.05) is 38.3 Å². The Labute approximate surface area is 199 Å². The Morgan fingerprint density at radius 3 is 2.03 bits per heavy atom. The molecule has 0 N–H and O–H groups in total. The summed E-state index contributed by atoms with van der Waals surface area (Å²) in [5.74, 6) is -0.0992. The van der Waals surface area contributed by atoms with E-state index >= 15 is 0 Å². The van der Waals surface area contributed by atoms with Gasteiger partial charge in [-0.25, -0.2) is 0 Å². The van der Waals surface area contributed by atoms with E-state index in [2.05, 4.69) is 63.1 Å². The first-order valence-electron chi connectivity index (χ1n) is 12.7. The molecule has 188 valence electrons. The second-order valence-electron chi connectivity index (χ2n) is 11.0. The Kier molecular flexibility index (Phi) is 13.6. The van der Waals surface area contributed by atoms with E-state index in [0.29, 0.717) is 18.6 Å². The SMILES string of the molecule is CCC1OC1CC(O[Si](C)(C)C)C(C/C=C/CCCCCCCC(=O)OC)O[Si](C)(C)C. The highest BCUT2D eigenvalue weighted by Crippen LogP contribution is 2.33. The molecule has 0 aromatic carbocycles. The molecular weight excluding hydrogens is 436 g/mol. The minimum atomic E-state index is -1.69. The summed E-state index contributed by atoms with van der Waals surface area (Å²) in [7, 11) is -1.93. The number of epoxide rings is 1. The fourth-order valence-corrected chi connectivity index (χ4v) is 6.26. The summed E-state index contributed by atoms with van der Waals surface area (Å²) in [5, 5.41) is 0. The van der Waals surface area contributed by atoms with Crippen molar-refractivity contribution in [3.8, 4) is 0 Å². The van der Waals surface area contributed by atoms with Crippen LogP contribution in [0.2, 0.25) is 39.3 Å². The number of carbonyl (C=O) groups is 1. The maximum absolute atomic E-state index is 11.1. The van der Waals surface area contributed by atoms with E-state index in [-0.39, 0.29) is 18.2 Å². The number of methoxy groups -OCH3 is 1. The molecule has 0 aromatic rings. The molecule has 0 spiro atoms. The second-order valence-corrected chi connectivity index (χ2v) is 19.9. The maximum atomic E-state index is 11.1. The van der Waals surface area contributed by atoms with Crippen molar-refractivity contribution >= 4 is 22.6 Å². The van der Waals surface area contributed by atoms with Gasteiger partial charge in [0.1, 0.15) is 0 Å². The smallest absolute Gasteiger partial charge is 0.305 e. The molecule has 5 nitrogen and oxygen atoms in total.